The van der Waals surface area contributed by atoms with E-state index in [4.69, 9.17) is 4.18 Å². The highest BCUT2D eigenvalue weighted by Crippen LogP contribution is 2.22. The number of aryl methyl sites for hydroxylation is 1. The fourth-order valence-corrected chi connectivity index (χ4v) is 4.41. The van der Waals surface area contributed by atoms with Crippen molar-refractivity contribution in [2.75, 3.05) is 5.32 Å². The van der Waals surface area contributed by atoms with Gasteiger partial charge in [0, 0.05) is 12.6 Å². The second-order valence-electron chi connectivity index (χ2n) is 8.17. The molecule has 4 aromatic rings. The molecule has 0 aliphatic carbocycles. The maximum absolute atomic E-state index is 12.9. The van der Waals surface area contributed by atoms with Gasteiger partial charge in [-0.05, 0) is 65.7 Å². The summed E-state index contributed by atoms with van der Waals surface area (Å²) >= 11 is 0. The van der Waals surface area contributed by atoms with Crippen molar-refractivity contribution in [1.29, 1.82) is 0 Å². The smallest absolute Gasteiger partial charge is 0.339 e. The molecule has 0 unspecified atom stereocenters. The minimum absolute atomic E-state index is 0.0385. The second kappa shape index (κ2) is 10.5. The number of amides is 2. The molecule has 0 aliphatic heterocycles. The number of fused-ring (bicyclic) bond motifs is 1. The maximum Gasteiger partial charge on any atom is 0.339 e. The van der Waals surface area contributed by atoms with Crippen molar-refractivity contribution in [3.05, 3.63) is 108 Å². The molecule has 7 nitrogen and oxygen atoms in total. The SMILES string of the molecule is CC(=O)NC(=Cc1ccc(OS(=O)(=O)c2ccc(C)cc2)cc1)C(=O)Nc1ccc2ccccc2c1. The van der Waals surface area contributed by atoms with Gasteiger partial charge in [-0.3, -0.25) is 9.59 Å². The van der Waals surface area contributed by atoms with Gasteiger partial charge < -0.3 is 14.8 Å². The molecule has 2 N–H and O–H groups in total. The Hall–Kier alpha value is -4.43. The Labute approximate surface area is 209 Å². The van der Waals surface area contributed by atoms with Crippen LogP contribution in [0, 0.1) is 6.92 Å². The Morgan fingerprint density at radius 1 is 0.833 bits per heavy atom. The van der Waals surface area contributed by atoms with Crippen LogP contribution in [0.1, 0.15) is 18.1 Å². The maximum atomic E-state index is 12.9. The lowest BCUT2D eigenvalue weighted by Gasteiger charge is -2.11. The lowest BCUT2D eigenvalue weighted by Crippen LogP contribution is -2.28. The zero-order valence-electron chi connectivity index (χ0n) is 19.7. The van der Waals surface area contributed by atoms with Crippen molar-refractivity contribution in [2.24, 2.45) is 0 Å². The number of rotatable bonds is 7. The van der Waals surface area contributed by atoms with Crippen LogP contribution in [0.25, 0.3) is 16.8 Å². The van der Waals surface area contributed by atoms with Crippen molar-refractivity contribution in [3.63, 3.8) is 0 Å². The third-order valence-electron chi connectivity index (χ3n) is 5.27. The molecule has 0 saturated carbocycles. The fourth-order valence-electron chi connectivity index (χ4n) is 3.48. The van der Waals surface area contributed by atoms with Gasteiger partial charge >= 0.3 is 10.1 Å². The Morgan fingerprint density at radius 3 is 2.17 bits per heavy atom. The average Bonchev–Trinajstić information content (AvgIpc) is 2.84. The second-order valence-corrected chi connectivity index (χ2v) is 9.72. The molecule has 2 amide bonds. The van der Waals surface area contributed by atoms with Crippen LogP contribution in [0.5, 0.6) is 5.75 Å². The van der Waals surface area contributed by atoms with E-state index in [1.54, 1.807) is 30.3 Å². The molecule has 4 aromatic carbocycles. The van der Waals surface area contributed by atoms with Crippen LogP contribution < -0.4 is 14.8 Å². The Morgan fingerprint density at radius 2 is 1.50 bits per heavy atom. The number of nitrogens with one attached hydrogen (secondary N) is 2. The first kappa shape index (κ1) is 24.7. The summed E-state index contributed by atoms with van der Waals surface area (Å²) in [6.07, 6.45) is 1.50. The average molecular weight is 501 g/mol. The predicted octanol–water partition coefficient (Wildman–Crippen LogP) is 5.03. The third kappa shape index (κ3) is 6.17. The number of carbonyl (C=O) groups is 2. The van der Waals surface area contributed by atoms with E-state index in [-0.39, 0.29) is 16.3 Å². The normalized spacial score (nSPS) is 11.7. The monoisotopic (exact) mass is 500 g/mol. The highest BCUT2D eigenvalue weighted by Gasteiger charge is 2.17. The molecular weight excluding hydrogens is 476 g/mol. The highest BCUT2D eigenvalue weighted by atomic mass is 32.2. The Kier molecular flexibility index (Phi) is 7.17. The summed E-state index contributed by atoms with van der Waals surface area (Å²) in [6.45, 7) is 3.17. The van der Waals surface area contributed by atoms with Gasteiger partial charge in [-0.2, -0.15) is 8.42 Å². The zero-order valence-corrected chi connectivity index (χ0v) is 20.5. The van der Waals surface area contributed by atoms with E-state index in [1.807, 2.05) is 43.3 Å². The van der Waals surface area contributed by atoms with Crippen LogP contribution in [0.4, 0.5) is 5.69 Å². The van der Waals surface area contributed by atoms with Gasteiger partial charge in [-0.1, -0.05) is 60.2 Å². The summed E-state index contributed by atoms with van der Waals surface area (Å²) in [4.78, 5) is 24.7. The van der Waals surface area contributed by atoms with Crippen LogP contribution >= 0.6 is 0 Å². The number of anilines is 1. The van der Waals surface area contributed by atoms with Gasteiger partial charge in [-0.15, -0.1) is 0 Å². The Balaban J connectivity index is 1.52. The minimum atomic E-state index is -3.98. The van der Waals surface area contributed by atoms with Crippen LogP contribution in [-0.4, -0.2) is 20.2 Å². The molecule has 0 saturated heterocycles. The molecule has 0 fully saturated rings. The quantitative estimate of drug-likeness (QED) is 0.274. The molecule has 182 valence electrons. The zero-order chi connectivity index (χ0) is 25.7. The molecule has 0 atom stereocenters. The summed E-state index contributed by atoms with van der Waals surface area (Å²) in [5, 5.41) is 7.36. The van der Waals surface area contributed by atoms with E-state index in [0.29, 0.717) is 11.3 Å². The van der Waals surface area contributed by atoms with Gasteiger partial charge in [0.15, 0.2) is 0 Å². The molecule has 0 spiro atoms. The van der Waals surface area contributed by atoms with E-state index in [9.17, 15) is 18.0 Å². The van der Waals surface area contributed by atoms with Crippen LogP contribution in [0.2, 0.25) is 0 Å². The molecule has 0 heterocycles. The molecule has 8 heteroatoms. The van der Waals surface area contributed by atoms with Gasteiger partial charge in [0.1, 0.15) is 16.3 Å². The van der Waals surface area contributed by atoms with Crippen molar-refractivity contribution in [3.8, 4) is 5.75 Å². The van der Waals surface area contributed by atoms with Gasteiger partial charge in [0.2, 0.25) is 5.91 Å². The van der Waals surface area contributed by atoms with Gasteiger partial charge in [-0.25, -0.2) is 0 Å². The highest BCUT2D eigenvalue weighted by molar-refractivity contribution is 7.87. The molecule has 0 bridgehead atoms. The standard InChI is InChI=1S/C28H24N2O5S/c1-19-7-15-26(16-8-19)36(33,34)35-25-13-9-21(10-14-25)17-27(29-20(2)31)28(32)30-24-12-11-22-5-3-4-6-23(22)18-24/h3-18H,1-2H3,(H,29,31)(H,30,32). The van der Waals surface area contributed by atoms with Crippen molar-refractivity contribution in [2.45, 2.75) is 18.7 Å². The lowest BCUT2D eigenvalue weighted by atomic mass is 10.1. The van der Waals surface area contributed by atoms with Gasteiger partial charge in [0.25, 0.3) is 5.91 Å². The summed E-state index contributed by atoms with van der Waals surface area (Å²) in [7, 11) is -3.98. The fraction of sp³-hybridized carbons (Fsp3) is 0.0714. The lowest BCUT2D eigenvalue weighted by molar-refractivity contribution is -0.120. The first-order valence-corrected chi connectivity index (χ1v) is 12.5. The van der Waals surface area contributed by atoms with Crippen molar-refractivity contribution in [1.82, 2.24) is 5.32 Å². The van der Waals surface area contributed by atoms with E-state index in [2.05, 4.69) is 10.6 Å². The molecule has 0 aliphatic rings. The first-order valence-electron chi connectivity index (χ1n) is 11.1. The van der Waals surface area contributed by atoms with Crippen LogP contribution in [0.15, 0.2) is 102 Å². The Bertz CT molecular complexity index is 1560. The van der Waals surface area contributed by atoms with Crippen LogP contribution in [0.3, 0.4) is 0 Å². The van der Waals surface area contributed by atoms with Crippen LogP contribution in [-0.2, 0) is 19.7 Å². The summed E-state index contributed by atoms with van der Waals surface area (Å²) in [5.41, 5.74) is 2.12. The summed E-state index contributed by atoms with van der Waals surface area (Å²) in [6, 6.07) is 25.8. The summed E-state index contributed by atoms with van der Waals surface area (Å²) in [5.74, 6) is -0.781. The third-order valence-corrected chi connectivity index (χ3v) is 6.53. The van der Waals surface area contributed by atoms with E-state index in [0.717, 1.165) is 16.3 Å². The van der Waals surface area contributed by atoms with Gasteiger partial charge in [0.05, 0.1) is 0 Å². The summed E-state index contributed by atoms with van der Waals surface area (Å²) < 4.78 is 30.2. The number of hydrogen-bond donors (Lipinski definition) is 2. The number of carbonyl (C=O) groups excluding carboxylic acids is 2. The van der Waals surface area contributed by atoms with E-state index >= 15 is 0 Å². The molecular formula is C28H24N2O5S. The number of hydrogen-bond acceptors (Lipinski definition) is 5. The molecule has 0 radical (unpaired) electrons. The predicted molar refractivity (Wildman–Crippen MR) is 140 cm³/mol. The minimum Gasteiger partial charge on any atom is -0.379 e. The molecule has 4 rings (SSSR count). The first-order chi connectivity index (χ1) is 17.2. The van der Waals surface area contributed by atoms with Crippen molar-refractivity contribution >= 4 is 44.5 Å². The van der Waals surface area contributed by atoms with Crippen molar-refractivity contribution < 1.29 is 22.2 Å². The topological polar surface area (TPSA) is 102 Å². The molecule has 0 aromatic heterocycles. The van der Waals surface area contributed by atoms with E-state index in [1.165, 1.54) is 37.3 Å². The molecule has 36 heavy (non-hydrogen) atoms. The number of benzene rings is 4. The largest absolute Gasteiger partial charge is 0.379 e. The van der Waals surface area contributed by atoms with E-state index < -0.39 is 21.9 Å².